The largest absolute Gasteiger partial charge is 0.356 e. The summed E-state index contributed by atoms with van der Waals surface area (Å²) in [5.74, 6) is 0.0108. The third-order valence-corrected chi connectivity index (χ3v) is 2.31. The van der Waals surface area contributed by atoms with Gasteiger partial charge < -0.3 is 5.32 Å². The van der Waals surface area contributed by atoms with E-state index in [0.29, 0.717) is 6.54 Å². The van der Waals surface area contributed by atoms with Crippen molar-refractivity contribution in [2.24, 2.45) is 0 Å². The van der Waals surface area contributed by atoms with Crippen molar-refractivity contribution in [2.75, 3.05) is 6.54 Å². The Morgan fingerprint density at radius 3 is 2.79 bits per heavy atom. The van der Waals surface area contributed by atoms with Crippen molar-refractivity contribution in [2.45, 2.75) is 20.3 Å². The van der Waals surface area contributed by atoms with Crippen molar-refractivity contribution < 1.29 is 4.79 Å². The highest BCUT2D eigenvalue weighted by Crippen LogP contribution is 2.15. The maximum Gasteiger partial charge on any atom is 0.216 e. The van der Waals surface area contributed by atoms with E-state index in [-0.39, 0.29) is 5.91 Å². The molecule has 1 N–H and O–H groups in total. The summed E-state index contributed by atoms with van der Waals surface area (Å²) in [5, 5.41) is 3.52. The van der Waals surface area contributed by atoms with E-state index in [4.69, 9.17) is 11.6 Å². The van der Waals surface area contributed by atoms with Gasteiger partial charge in [0.1, 0.15) is 0 Å². The summed E-state index contributed by atoms with van der Waals surface area (Å²) in [7, 11) is 0. The van der Waals surface area contributed by atoms with Crippen molar-refractivity contribution >= 4 is 17.5 Å². The van der Waals surface area contributed by atoms with Crippen LogP contribution in [0.5, 0.6) is 0 Å². The molecule has 1 amide bonds. The Morgan fingerprint density at radius 1 is 1.50 bits per heavy atom. The maximum atomic E-state index is 10.6. The Labute approximate surface area is 89.3 Å². The lowest BCUT2D eigenvalue weighted by molar-refractivity contribution is -0.118. The first-order chi connectivity index (χ1) is 6.59. The van der Waals surface area contributed by atoms with E-state index in [0.717, 1.165) is 11.4 Å². The molecule has 1 rings (SSSR count). The van der Waals surface area contributed by atoms with E-state index in [1.807, 2.05) is 25.1 Å². The van der Waals surface area contributed by atoms with Crippen molar-refractivity contribution in [1.29, 1.82) is 0 Å². The fourth-order valence-corrected chi connectivity index (χ4v) is 1.54. The molecule has 0 heterocycles. The Bertz CT molecular complexity index is 336. The molecule has 0 radical (unpaired) electrons. The second-order valence-corrected chi connectivity index (χ2v) is 3.74. The van der Waals surface area contributed by atoms with Gasteiger partial charge in [-0.15, -0.1) is 0 Å². The number of nitrogens with one attached hydrogen (secondary N) is 1. The van der Waals surface area contributed by atoms with Gasteiger partial charge in [-0.3, -0.25) is 4.79 Å². The molecule has 0 bridgehead atoms. The number of carbonyl (C=O) groups excluding carboxylic acids is 1. The van der Waals surface area contributed by atoms with Crippen molar-refractivity contribution in [3.05, 3.63) is 34.3 Å². The van der Waals surface area contributed by atoms with Crippen molar-refractivity contribution in [3.63, 3.8) is 0 Å². The highest BCUT2D eigenvalue weighted by Gasteiger charge is 1.99. The molecule has 1 aromatic carbocycles. The molecule has 3 heteroatoms. The summed E-state index contributed by atoms with van der Waals surface area (Å²) >= 11 is 5.83. The van der Waals surface area contributed by atoms with Gasteiger partial charge >= 0.3 is 0 Å². The van der Waals surface area contributed by atoms with Crippen molar-refractivity contribution in [3.8, 4) is 0 Å². The lowest BCUT2D eigenvalue weighted by Gasteiger charge is -2.06. The number of aryl methyl sites for hydroxylation is 1. The van der Waals surface area contributed by atoms with Gasteiger partial charge in [0, 0.05) is 18.5 Å². The third-order valence-electron chi connectivity index (χ3n) is 2.07. The van der Waals surface area contributed by atoms with Crippen LogP contribution in [0.25, 0.3) is 0 Å². The van der Waals surface area contributed by atoms with E-state index >= 15 is 0 Å². The molecule has 0 aliphatic heterocycles. The molecule has 0 aliphatic rings. The first-order valence-electron chi connectivity index (χ1n) is 4.59. The summed E-state index contributed by atoms with van der Waals surface area (Å²) < 4.78 is 0. The van der Waals surface area contributed by atoms with Crippen LogP contribution in [0.15, 0.2) is 18.2 Å². The van der Waals surface area contributed by atoms with Crippen LogP contribution in [-0.2, 0) is 11.2 Å². The Morgan fingerprint density at radius 2 is 2.21 bits per heavy atom. The first kappa shape index (κ1) is 11.1. The zero-order valence-corrected chi connectivity index (χ0v) is 9.19. The monoisotopic (exact) mass is 211 g/mol. The Balaban J connectivity index is 2.55. The minimum absolute atomic E-state index is 0.0108. The van der Waals surface area contributed by atoms with E-state index in [9.17, 15) is 4.79 Å². The lowest BCUT2D eigenvalue weighted by atomic mass is 10.1. The van der Waals surface area contributed by atoms with Gasteiger partial charge in [0.25, 0.3) is 0 Å². The van der Waals surface area contributed by atoms with Crippen LogP contribution in [0, 0.1) is 6.92 Å². The summed E-state index contributed by atoms with van der Waals surface area (Å²) in [6, 6.07) is 5.81. The third kappa shape index (κ3) is 3.38. The molecule has 0 aromatic heterocycles. The zero-order valence-electron chi connectivity index (χ0n) is 8.43. The molecule has 0 spiro atoms. The zero-order chi connectivity index (χ0) is 10.6. The molecular weight excluding hydrogens is 198 g/mol. The number of rotatable bonds is 3. The maximum absolute atomic E-state index is 10.6. The molecule has 0 atom stereocenters. The van der Waals surface area contributed by atoms with Gasteiger partial charge in [0.15, 0.2) is 0 Å². The standard InChI is InChI=1S/C11H14ClNO/c1-8-7-11(12)4-3-10(8)5-6-13-9(2)14/h3-4,7H,5-6H2,1-2H3,(H,13,14). The molecule has 76 valence electrons. The number of carbonyl (C=O) groups is 1. The Hall–Kier alpha value is -1.02. The van der Waals surface area contributed by atoms with E-state index < -0.39 is 0 Å². The van der Waals surface area contributed by atoms with E-state index in [1.165, 1.54) is 18.1 Å². The van der Waals surface area contributed by atoms with Gasteiger partial charge in [-0.05, 0) is 36.6 Å². The normalized spacial score (nSPS) is 9.93. The smallest absolute Gasteiger partial charge is 0.216 e. The number of hydrogen-bond donors (Lipinski definition) is 1. The first-order valence-corrected chi connectivity index (χ1v) is 4.97. The highest BCUT2D eigenvalue weighted by molar-refractivity contribution is 6.30. The fourth-order valence-electron chi connectivity index (χ4n) is 1.31. The molecule has 2 nitrogen and oxygen atoms in total. The van der Waals surface area contributed by atoms with Crippen LogP contribution >= 0.6 is 11.6 Å². The van der Waals surface area contributed by atoms with E-state index in [1.54, 1.807) is 0 Å². The fraction of sp³-hybridized carbons (Fsp3) is 0.364. The van der Waals surface area contributed by atoms with Crippen LogP contribution < -0.4 is 5.32 Å². The van der Waals surface area contributed by atoms with Crippen LogP contribution in [0.2, 0.25) is 5.02 Å². The number of benzene rings is 1. The number of halogens is 1. The van der Waals surface area contributed by atoms with Gasteiger partial charge in [-0.25, -0.2) is 0 Å². The van der Waals surface area contributed by atoms with Gasteiger partial charge in [-0.1, -0.05) is 17.7 Å². The summed E-state index contributed by atoms with van der Waals surface area (Å²) in [5.41, 5.74) is 2.39. The van der Waals surface area contributed by atoms with Gasteiger partial charge in [-0.2, -0.15) is 0 Å². The van der Waals surface area contributed by atoms with Crippen LogP contribution in [0.1, 0.15) is 18.1 Å². The second kappa shape index (κ2) is 5.01. The molecule has 0 saturated heterocycles. The minimum atomic E-state index is 0.0108. The second-order valence-electron chi connectivity index (χ2n) is 3.30. The lowest BCUT2D eigenvalue weighted by Crippen LogP contribution is -2.22. The predicted octanol–water partition coefficient (Wildman–Crippen LogP) is 2.33. The average molecular weight is 212 g/mol. The average Bonchev–Trinajstić information content (AvgIpc) is 2.08. The SMILES string of the molecule is CC(=O)NCCc1ccc(Cl)cc1C. The summed E-state index contributed by atoms with van der Waals surface area (Å²) in [6.45, 7) is 4.22. The molecular formula is C11H14ClNO. The topological polar surface area (TPSA) is 29.1 Å². The molecule has 0 aliphatic carbocycles. The van der Waals surface area contributed by atoms with Crippen molar-refractivity contribution in [1.82, 2.24) is 5.32 Å². The van der Waals surface area contributed by atoms with Crippen LogP contribution in [0.3, 0.4) is 0 Å². The molecule has 1 aromatic rings. The predicted molar refractivity (Wildman–Crippen MR) is 58.6 cm³/mol. The molecule has 14 heavy (non-hydrogen) atoms. The molecule has 0 fully saturated rings. The highest BCUT2D eigenvalue weighted by atomic mass is 35.5. The van der Waals surface area contributed by atoms with Crippen LogP contribution in [-0.4, -0.2) is 12.5 Å². The molecule has 0 unspecified atom stereocenters. The summed E-state index contributed by atoms with van der Waals surface area (Å²) in [4.78, 5) is 10.6. The van der Waals surface area contributed by atoms with Crippen LogP contribution in [0.4, 0.5) is 0 Å². The summed E-state index contributed by atoms with van der Waals surface area (Å²) in [6.07, 6.45) is 0.850. The van der Waals surface area contributed by atoms with Gasteiger partial charge in [0.05, 0.1) is 0 Å². The van der Waals surface area contributed by atoms with Gasteiger partial charge in [0.2, 0.25) is 5.91 Å². The molecule has 0 saturated carbocycles. The minimum Gasteiger partial charge on any atom is -0.356 e. The number of amides is 1. The van der Waals surface area contributed by atoms with E-state index in [2.05, 4.69) is 5.32 Å². The quantitative estimate of drug-likeness (QED) is 0.817. The Kier molecular flexibility index (Phi) is 3.96. The number of hydrogen-bond acceptors (Lipinski definition) is 1.